The molecule has 98 valence electrons. The summed E-state index contributed by atoms with van der Waals surface area (Å²) in [6.45, 7) is 7.13. The highest BCUT2D eigenvalue weighted by atomic mass is 32.2. The van der Waals surface area contributed by atoms with Gasteiger partial charge in [-0.05, 0) is 26.7 Å². The van der Waals surface area contributed by atoms with Crippen molar-refractivity contribution in [3.05, 3.63) is 0 Å². The summed E-state index contributed by atoms with van der Waals surface area (Å²) < 4.78 is 27.8. The van der Waals surface area contributed by atoms with Gasteiger partial charge in [0, 0.05) is 13.1 Å². The van der Waals surface area contributed by atoms with Gasteiger partial charge in [-0.2, -0.15) is 17.4 Å². The van der Waals surface area contributed by atoms with Crippen molar-refractivity contribution < 1.29 is 13.5 Å². The van der Waals surface area contributed by atoms with E-state index < -0.39 is 15.7 Å². The molecule has 0 aromatic heterocycles. The maximum atomic E-state index is 12.0. The highest BCUT2D eigenvalue weighted by Crippen LogP contribution is 2.17. The van der Waals surface area contributed by atoms with E-state index in [0.29, 0.717) is 12.8 Å². The zero-order valence-corrected chi connectivity index (χ0v) is 11.6. The smallest absolute Gasteiger partial charge is 0.280 e. The molecule has 0 spiro atoms. The van der Waals surface area contributed by atoms with Crippen LogP contribution in [-0.2, 0) is 10.2 Å². The lowest BCUT2D eigenvalue weighted by atomic mass is 9.96. The van der Waals surface area contributed by atoms with E-state index in [9.17, 15) is 13.5 Å². The number of rotatable bonds is 7. The number of hydrogen-bond donors (Lipinski definition) is 2. The first-order valence-corrected chi connectivity index (χ1v) is 7.06. The predicted octanol–water partition coefficient (Wildman–Crippen LogP) is 0.712. The number of hydrogen-bond acceptors (Lipinski definition) is 3. The van der Waals surface area contributed by atoms with Gasteiger partial charge in [0.25, 0.3) is 10.2 Å². The van der Waals surface area contributed by atoms with Crippen LogP contribution in [0.25, 0.3) is 0 Å². The van der Waals surface area contributed by atoms with Crippen LogP contribution in [-0.4, -0.2) is 43.1 Å². The molecule has 0 saturated heterocycles. The van der Waals surface area contributed by atoms with Crippen molar-refractivity contribution in [2.24, 2.45) is 0 Å². The van der Waals surface area contributed by atoms with E-state index >= 15 is 0 Å². The molecule has 0 rings (SSSR count). The minimum Gasteiger partial charge on any atom is -0.394 e. The van der Waals surface area contributed by atoms with Gasteiger partial charge in [0.2, 0.25) is 0 Å². The summed E-state index contributed by atoms with van der Waals surface area (Å²) in [5.74, 6) is 0. The molecule has 0 unspecified atom stereocenters. The van der Waals surface area contributed by atoms with Crippen molar-refractivity contribution >= 4 is 10.2 Å². The van der Waals surface area contributed by atoms with Gasteiger partial charge in [0.1, 0.15) is 0 Å². The quantitative estimate of drug-likeness (QED) is 0.701. The fourth-order valence-corrected chi connectivity index (χ4v) is 2.87. The van der Waals surface area contributed by atoms with Crippen LogP contribution in [0.4, 0.5) is 0 Å². The van der Waals surface area contributed by atoms with Gasteiger partial charge < -0.3 is 5.11 Å². The van der Waals surface area contributed by atoms with Crippen LogP contribution >= 0.6 is 0 Å². The van der Waals surface area contributed by atoms with Crippen molar-refractivity contribution in [1.29, 1.82) is 0 Å². The third-order valence-electron chi connectivity index (χ3n) is 3.11. The highest BCUT2D eigenvalue weighted by Gasteiger charge is 2.33. The lowest BCUT2D eigenvalue weighted by Crippen LogP contribution is -2.55. The molecule has 5 nitrogen and oxygen atoms in total. The molecule has 0 atom stereocenters. The normalized spacial score (nSPS) is 13.8. The summed E-state index contributed by atoms with van der Waals surface area (Å²) in [5.41, 5.74) is -0.748. The largest absolute Gasteiger partial charge is 0.394 e. The second kappa shape index (κ2) is 5.95. The third-order valence-corrected chi connectivity index (χ3v) is 4.98. The molecular formula is C10H24N2O3S. The molecule has 2 N–H and O–H groups in total. The van der Waals surface area contributed by atoms with Crippen LogP contribution in [0.1, 0.15) is 40.5 Å². The molecule has 0 amide bonds. The molecule has 0 aliphatic carbocycles. The van der Waals surface area contributed by atoms with Crippen LogP contribution in [0.2, 0.25) is 0 Å². The number of nitrogens with one attached hydrogen (secondary N) is 1. The van der Waals surface area contributed by atoms with E-state index in [1.807, 2.05) is 13.8 Å². The summed E-state index contributed by atoms with van der Waals surface area (Å²) in [6, 6.07) is -0.109. The monoisotopic (exact) mass is 252 g/mol. The van der Waals surface area contributed by atoms with Gasteiger partial charge in [0.05, 0.1) is 12.1 Å². The fraction of sp³-hybridized carbons (Fsp3) is 1.00. The minimum atomic E-state index is -3.53. The summed E-state index contributed by atoms with van der Waals surface area (Å²) in [5, 5.41) is 9.31. The van der Waals surface area contributed by atoms with E-state index in [1.54, 1.807) is 13.8 Å². The van der Waals surface area contributed by atoms with Crippen molar-refractivity contribution in [3.8, 4) is 0 Å². The van der Waals surface area contributed by atoms with Crippen molar-refractivity contribution in [3.63, 3.8) is 0 Å². The lowest BCUT2D eigenvalue weighted by molar-refractivity contribution is 0.169. The molecule has 0 fully saturated rings. The van der Waals surface area contributed by atoms with Crippen LogP contribution in [0.15, 0.2) is 0 Å². The minimum absolute atomic E-state index is 0.109. The molecule has 0 aromatic carbocycles. The topological polar surface area (TPSA) is 69.6 Å². The molecular weight excluding hydrogens is 228 g/mol. The summed E-state index contributed by atoms with van der Waals surface area (Å²) in [4.78, 5) is 0. The third kappa shape index (κ3) is 3.69. The van der Waals surface area contributed by atoms with Gasteiger partial charge in [0.15, 0.2) is 0 Å². The Labute approximate surface area is 99.0 Å². The Bertz CT molecular complexity index is 289. The average molecular weight is 252 g/mol. The van der Waals surface area contributed by atoms with E-state index in [0.717, 1.165) is 0 Å². The van der Waals surface area contributed by atoms with Crippen molar-refractivity contribution in [2.75, 3.05) is 13.7 Å². The van der Waals surface area contributed by atoms with Crippen LogP contribution in [0.5, 0.6) is 0 Å². The van der Waals surface area contributed by atoms with Crippen LogP contribution in [0, 0.1) is 0 Å². The maximum Gasteiger partial charge on any atom is 0.280 e. The lowest BCUT2D eigenvalue weighted by Gasteiger charge is -2.33. The van der Waals surface area contributed by atoms with Crippen molar-refractivity contribution in [1.82, 2.24) is 9.03 Å². The molecule has 0 aliphatic heterocycles. The summed E-state index contributed by atoms with van der Waals surface area (Å²) >= 11 is 0. The maximum absolute atomic E-state index is 12.0. The molecule has 0 radical (unpaired) electrons. The average Bonchev–Trinajstić information content (AvgIpc) is 2.24. The first kappa shape index (κ1) is 15.8. The van der Waals surface area contributed by atoms with E-state index in [-0.39, 0.29) is 12.6 Å². The molecule has 0 heterocycles. The van der Waals surface area contributed by atoms with Gasteiger partial charge in [-0.3, -0.25) is 0 Å². The predicted molar refractivity (Wildman–Crippen MR) is 65.4 cm³/mol. The van der Waals surface area contributed by atoms with Crippen LogP contribution < -0.4 is 4.72 Å². The Morgan fingerprint density at radius 1 is 1.31 bits per heavy atom. The Morgan fingerprint density at radius 3 is 2.00 bits per heavy atom. The van der Waals surface area contributed by atoms with Crippen molar-refractivity contribution in [2.45, 2.75) is 52.1 Å². The second-order valence-corrected chi connectivity index (χ2v) is 6.09. The summed E-state index contributed by atoms with van der Waals surface area (Å²) in [6.07, 6.45) is 1.12. The molecule has 0 aromatic rings. The van der Waals surface area contributed by atoms with E-state index in [2.05, 4.69) is 4.72 Å². The Balaban J connectivity index is 4.94. The number of aliphatic hydroxyl groups excluding tert-OH is 1. The van der Waals surface area contributed by atoms with Gasteiger partial charge in [-0.25, -0.2) is 0 Å². The zero-order chi connectivity index (χ0) is 13.0. The van der Waals surface area contributed by atoms with Gasteiger partial charge >= 0.3 is 0 Å². The zero-order valence-electron chi connectivity index (χ0n) is 10.8. The fourth-order valence-electron chi connectivity index (χ4n) is 1.27. The first-order valence-electron chi connectivity index (χ1n) is 5.62. The van der Waals surface area contributed by atoms with E-state index in [4.69, 9.17) is 0 Å². The van der Waals surface area contributed by atoms with E-state index in [1.165, 1.54) is 11.4 Å². The molecule has 0 bridgehead atoms. The molecule has 16 heavy (non-hydrogen) atoms. The number of nitrogens with zero attached hydrogens (tertiary/aromatic N) is 1. The molecule has 0 aliphatic rings. The number of aliphatic hydroxyl groups is 1. The standard InChI is InChI=1S/C10H24N2O3S/c1-6-10(7-2,8-13)11-16(14,15)12(5)9(3)4/h9,11,13H,6-8H2,1-5H3. The Hall–Kier alpha value is -0.170. The SMILES string of the molecule is CCC(CC)(CO)NS(=O)(=O)N(C)C(C)C. The Morgan fingerprint density at radius 2 is 1.75 bits per heavy atom. The molecule has 6 heteroatoms. The Kier molecular flexibility index (Phi) is 5.89. The second-order valence-electron chi connectivity index (χ2n) is 4.36. The summed E-state index contributed by atoms with van der Waals surface area (Å²) in [7, 11) is -2.00. The first-order chi connectivity index (χ1) is 7.24. The van der Waals surface area contributed by atoms with Gasteiger partial charge in [-0.15, -0.1) is 0 Å². The molecule has 0 saturated carbocycles. The van der Waals surface area contributed by atoms with Gasteiger partial charge in [-0.1, -0.05) is 13.8 Å². The highest BCUT2D eigenvalue weighted by molar-refractivity contribution is 7.87. The van der Waals surface area contributed by atoms with Crippen LogP contribution in [0.3, 0.4) is 0 Å².